The first kappa shape index (κ1) is 31.8. The molecule has 0 saturated carbocycles. The second-order valence-corrected chi connectivity index (χ2v) is 15.1. The minimum atomic E-state index is 0.911. The van der Waals surface area contributed by atoms with Crippen molar-refractivity contribution in [2.24, 2.45) is 0 Å². The normalized spacial score (nSPS) is 11.9. The molecule has 0 aliphatic heterocycles. The van der Waals surface area contributed by atoms with E-state index in [9.17, 15) is 0 Å². The molecule has 0 N–H and O–H groups in total. The molecule has 0 saturated heterocycles. The first-order chi connectivity index (χ1) is 28.3. The molecule has 11 aromatic rings. The Labute approximate surface area is 330 Å². The molecule has 0 fully saturated rings. The van der Waals surface area contributed by atoms with Gasteiger partial charge in [0.1, 0.15) is 11.2 Å². The molecule has 0 radical (unpaired) electrons. The maximum absolute atomic E-state index is 6.18. The van der Waals surface area contributed by atoms with E-state index >= 15 is 0 Å². The summed E-state index contributed by atoms with van der Waals surface area (Å²) < 4.78 is 6.18. The zero-order chi connectivity index (χ0) is 37.5. The fraction of sp³-hybridized carbons (Fsp3) is 0. The third-order valence-electron chi connectivity index (χ3n) is 12.0. The molecular weight excluding hydrogens is 689 g/mol. The summed E-state index contributed by atoms with van der Waals surface area (Å²) in [5.74, 6) is 0. The Kier molecular flexibility index (Phi) is 7.00. The monoisotopic (exact) mass is 722 g/mol. The summed E-state index contributed by atoms with van der Waals surface area (Å²) >= 11 is 0. The van der Waals surface area contributed by atoms with Crippen molar-refractivity contribution in [2.75, 3.05) is 0 Å². The fourth-order valence-electron chi connectivity index (χ4n) is 9.60. The Morgan fingerprint density at radius 1 is 0.228 bits per heavy atom. The van der Waals surface area contributed by atoms with Crippen LogP contribution in [0.2, 0.25) is 0 Å². The second kappa shape index (κ2) is 12.5. The van der Waals surface area contributed by atoms with Crippen LogP contribution in [0.3, 0.4) is 0 Å². The van der Waals surface area contributed by atoms with Crippen molar-refractivity contribution in [3.63, 3.8) is 0 Å². The van der Waals surface area contributed by atoms with E-state index in [2.05, 4.69) is 194 Å². The van der Waals surface area contributed by atoms with Gasteiger partial charge in [0.25, 0.3) is 0 Å². The lowest BCUT2D eigenvalue weighted by atomic mass is 9.82. The Hall–Kier alpha value is -7.48. The maximum Gasteiger partial charge on any atom is 0.135 e. The van der Waals surface area contributed by atoms with Crippen LogP contribution in [-0.2, 0) is 0 Å². The van der Waals surface area contributed by atoms with Crippen LogP contribution in [0.5, 0.6) is 0 Å². The summed E-state index contributed by atoms with van der Waals surface area (Å²) in [6.45, 7) is 0. The average Bonchev–Trinajstić information content (AvgIpc) is 3.82. The van der Waals surface area contributed by atoms with Gasteiger partial charge in [0.2, 0.25) is 0 Å². The van der Waals surface area contributed by atoms with Gasteiger partial charge in [-0.15, -0.1) is 0 Å². The van der Waals surface area contributed by atoms with Gasteiger partial charge in [0, 0.05) is 10.8 Å². The molecule has 0 amide bonds. The van der Waals surface area contributed by atoms with Gasteiger partial charge >= 0.3 is 0 Å². The first-order valence-electron chi connectivity index (χ1n) is 19.7. The van der Waals surface area contributed by atoms with Gasteiger partial charge in [-0.3, -0.25) is 0 Å². The van der Waals surface area contributed by atoms with E-state index in [1.54, 1.807) is 0 Å². The lowest BCUT2D eigenvalue weighted by molar-refractivity contribution is 0.669. The third kappa shape index (κ3) is 4.83. The number of para-hydroxylation sites is 1. The second-order valence-electron chi connectivity index (χ2n) is 15.1. The lowest BCUT2D eigenvalue weighted by Crippen LogP contribution is -1.93. The highest BCUT2D eigenvalue weighted by Gasteiger charge is 2.31. The number of fused-ring (bicyclic) bond motifs is 7. The molecule has 1 heteroatoms. The van der Waals surface area contributed by atoms with E-state index in [0.717, 1.165) is 21.9 Å². The number of hydrogen-bond donors (Lipinski definition) is 0. The summed E-state index contributed by atoms with van der Waals surface area (Å²) in [6, 6.07) is 75.2. The van der Waals surface area contributed by atoms with Crippen LogP contribution in [0, 0.1) is 0 Å². The van der Waals surface area contributed by atoms with Gasteiger partial charge < -0.3 is 4.42 Å². The Bertz CT molecular complexity index is 3290. The van der Waals surface area contributed by atoms with Crippen molar-refractivity contribution >= 4 is 43.5 Å². The van der Waals surface area contributed by atoms with Gasteiger partial charge in [-0.1, -0.05) is 182 Å². The van der Waals surface area contributed by atoms with Gasteiger partial charge in [0.05, 0.1) is 0 Å². The largest absolute Gasteiger partial charge is 0.456 e. The van der Waals surface area contributed by atoms with Gasteiger partial charge in [-0.05, 0) is 124 Å². The van der Waals surface area contributed by atoms with Crippen LogP contribution in [0.1, 0.15) is 0 Å². The average molecular weight is 723 g/mol. The van der Waals surface area contributed by atoms with Crippen LogP contribution in [0.25, 0.3) is 121 Å². The number of rotatable bonds is 5. The topological polar surface area (TPSA) is 13.1 Å². The smallest absolute Gasteiger partial charge is 0.135 e. The third-order valence-corrected chi connectivity index (χ3v) is 12.0. The SMILES string of the molecule is c1ccc(-c2c3c(c(-c4ccccc4)c4ccccc24)-c2ccc(-c4cccc(-c5ccccc5-c5ccc6oc7ccccc7c6c5)c4)c4cccc-3c24)cc1. The van der Waals surface area contributed by atoms with E-state index in [-0.39, 0.29) is 0 Å². The molecule has 1 heterocycles. The van der Waals surface area contributed by atoms with Crippen LogP contribution in [0.4, 0.5) is 0 Å². The van der Waals surface area contributed by atoms with E-state index in [1.165, 1.54) is 99.4 Å². The molecule has 57 heavy (non-hydrogen) atoms. The molecule has 12 rings (SSSR count). The van der Waals surface area contributed by atoms with Crippen LogP contribution < -0.4 is 0 Å². The van der Waals surface area contributed by atoms with Crippen molar-refractivity contribution in [3.8, 4) is 77.9 Å². The highest BCUT2D eigenvalue weighted by Crippen LogP contribution is 2.58. The summed E-state index contributed by atoms with van der Waals surface area (Å²) in [5.41, 5.74) is 19.3. The molecule has 10 aromatic carbocycles. The van der Waals surface area contributed by atoms with E-state index in [0.29, 0.717) is 0 Å². The van der Waals surface area contributed by atoms with E-state index in [1.807, 2.05) is 12.1 Å². The van der Waals surface area contributed by atoms with Crippen LogP contribution in [-0.4, -0.2) is 0 Å². The first-order valence-corrected chi connectivity index (χ1v) is 19.7. The Balaban J connectivity index is 1.06. The van der Waals surface area contributed by atoms with Crippen molar-refractivity contribution in [1.82, 2.24) is 0 Å². The zero-order valence-electron chi connectivity index (χ0n) is 31.0. The van der Waals surface area contributed by atoms with Crippen molar-refractivity contribution in [3.05, 3.63) is 206 Å². The minimum Gasteiger partial charge on any atom is -0.456 e. The molecule has 1 aromatic heterocycles. The van der Waals surface area contributed by atoms with Crippen molar-refractivity contribution < 1.29 is 4.42 Å². The number of furan rings is 1. The predicted molar refractivity (Wildman–Crippen MR) is 240 cm³/mol. The van der Waals surface area contributed by atoms with Crippen molar-refractivity contribution in [2.45, 2.75) is 0 Å². The standard InChI is InChI=1S/C56H34O/c1-3-15-35(16-4-1)52-45-24-9-10-25-46(45)53(36-17-5-2-6-18-36)56-48-31-30-42(44-26-14-27-47(54(44)48)55(52)56)38-20-13-19-37(33-38)40-21-7-8-22-41(40)39-29-32-51-49(34-39)43-23-11-12-28-50(43)57-51/h1-34H. The van der Waals surface area contributed by atoms with Crippen LogP contribution >= 0.6 is 0 Å². The van der Waals surface area contributed by atoms with E-state index in [4.69, 9.17) is 4.42 Å². The maximum atomic E-state index is 6.18. The zero-order valence-corrected chi connectivity index (χ0v) is 31.0. The summed E-state index contributed by atoms with van der Waals surface area (Å²) in [5, 5.41) is 7.42. The molecule has 0 atom stereocenters. The molecule has 264 valence electrons. The summed E-state index contributed by atoms with van der Waals surface area (Å²) in [6.07, 6.45) is 0. The quantitative estimate of drug-likeness (QED) is 0.172. The summed E-state index contributed by atoms with van der Waals surface area (Å²) in [7, 11) is 0. The molecule has 1 aliphatic rings. The molecule has 0 bridgehead atoms. The van der Waals surface area contributed by atoms with Gasteiger partial charge in [-0.2, -0.15) is 0 Å². The molecule has 1 nitrogen and oxygen atoms in total. The Morgan fingerprint density at radius 2 is 0.684 bits per heavy atom. The number of benzene rings is 10. The molecule has 0 unspecified atom stereocenters. The molecular formula is C56H34O. The minimum absolute atomic E-state index is 0.911. The van der Waals surface area contributed by atoms with Gasteiger partial charge in [-0.25, -0.2) is 0 Å². The summed E-state index contributed by atoms with van der Waals surface area (Å²) in [4.78, 5) is 0. The highest BCUT2D eigenvalue weighted by atomic mass is 16.3. The molecule has 1 aliphatic carbocycles. The van der Waals surface area contributed by atoms with Crippen molar-refractivity contribution in [1.29, 1.82) is 0 Å². The Morgan fingerprint density at radius 3 is 1.37 bits per heavy atom. The molecule has 0 spiro atoms. The van der Waals surface area contributed by atoms with Gasteiger partial charge in [0.15, 0.2) is 0 Å². The predicted octanol–water partition coefficient (Wildman–Crippen LogP) is 15.9. The van der Waals surface area contributed by atoms with E-state index < -0.39 is 0 Å². The highest BCUT2D eigenvalue weighted by molar-refractivity contribution is 6.28. The number of hydrogen-bond acceptors (Lipinski definition) is 1. The lowest BCUT2D eigenvalue weighted by Gasteiger charge is -2.20. The fourth-order valence-corrected chi connectivity index (χ4v) is 9.60. The van der Waals surface area contributed by atoms with Crippen LogP contribution in [0.15, 0.2) is 211 Å².